The Kier molecular flexibility index (Phi) is 6.20. The first-order valence-corrected chi connectivity index (χ1v) is 10.7. The highest BCUT2D eigenvalue weighted by molar-refractivity contribution is 5.78. The molecule has 34 heavy (non-hydrogen) atoms. The first kappa shape index (κ1) is 23.2. The van der Waals surface area contributed by atoms with Crippen LogP contribution < -0.4 is 14.8 Å². The van der Waals surface area contributed by atoms with Crippen molar-refractivity contribution in [2.24, 2.45) is 0 Å². The van der Waals surface area contributed by atoms with E-state index in [0.29, 0.717) is 47.2 Å². The largest absolute Gasteiger partial charge is 0.484 e. The van der Waals surface area contributed by atoms with Gasteiger partial charge in [0.15, 0.2) is 13.2 Å². The van der Waals surface area contributed by atoms with E-state index in [4.69, 9.17) is 19.2 Å². The second kappa shape index (κ2) is 9.09. The van der Waals surface area contributed by atoms with Gasteiger partial charge in [0.1, 0.15) is 23.4 Å². The first-order valence-electron chi connectivity index (χ1n) is 10.7. The fourth-order valence-corrected chi connectivity index (χ4v) is 4.35. The number of hydrogen-bond donors (Lipinski definition) is 1. The number of nitrogens with zero attached hydrogens (tertiary/aromatic N) is 4. The van der Waals surface area contributed by atoms with Crippen molar-refractivity contribution in [2.75, 3.05) is 6.61 Å². The quantitative estimate of drug-likeness (QED) is 0.537. The van der Waals surface area contributed by atoms with Crippen molar-refractivity contribution >= 4 is 5.91 Å². The lowest BCUT2D eigenvalue weighted by Gasteiger charge is -2.51. The van der Waals surface area contributed by atoms with Crippen molar-refractivity contribution in [3.05, 3.63) is 65.4 Å². The summed E-state index contributed by atoms with van der Waals surface area (Å²) in [6.07, 6.45) is 4.14. The fraction of sp³-hybridized carbons (Fsp3) is 0.375. The molecule has 3 aromatic rings. The normalized spacial score (nSPS) is 21.3. The van der Waals surface area contributed by atoms with Crippen LogP contribution in [0.2, 0.25) is 0 Å². The van der Waals surface area contributed by atoms with E-state index in [-0.39, 0.29) is 24.9 Å². The SMILES string of the molecule is Cc1ccc(OCC(=O)NC2(C)CC(C)(c3nnc(COc4cncc(C#N)c4)o3)C2)cc1F. The molecule has 0 spiro atoms. The van der Waals surface area contributed by atoms with Crippen LogP contribution in [0.25, 0.3) is 0 Å². The Balaban J connectivity index is 1.28. The second-order valence-electron chi connectivity index (χ2n) is 9.03. The molecule has 9 nitrogen and oxygen atoms in total. The highest BCUT2D eigenvalue weighted by atomic mass is 19.1. The number of amides is 1. The molecule has 1 amide bonds. The fourth-order valence-electron chi connectivity index (χ4n) is 4.35. The third kappa shape index (κ3) is 5.14. The average Bonchev–Trinajstić information content (AvgIpc) is 3.27. The molecule has 0 bridgehead atoms. The lowest BCUT2D eigenvalue weighted by atomic mass is 9.59. The summed E-state index contributed by atoms with van der Waals surface area (Å²) in [5.41, 5.74) is 0.0566. The van der Waals surface area contributed by atoms with Crippen molar-refractivity contribution in [2.45, 2.75) is 51.2 Å². The van der Waals surface area contributed by atoms with Gasteiger partial charge in [0.05, 0.1) is 17.2 Å². The number of aryl methyl sites for hydroxylation is 1. The van der Waals surface area contributed by atoms with E-state index in [1.54, 1.807) is 25.1 Å². The van der Waals surface area contributed by atoms with Gasteiger partial charge in [-0.15, -0.1) is 10.2 Å². The molecule has 0 saturated heterocycles. The van der Waals surface area contributed by atoms with Gasteiger partial charge in [0.25, 0.3) is 11.8 Å². The molecule has 1 N–H and O–H groups in total. The molecule has 1 saturated carbocycles. The minimum atomic E-state index is -0.456. The van der Waals surface area contributed by atoms with Gasteiger partial charge in [0.2, 0.25) is 5.89 Å². The number of nitriles is 1. The molecular weight excluding hydrogens is 441 g/mol. The van der Waals surface area contributed by atoms with E-state index in [1.165, 1.54) is 18.5 Å². The molecule has 0 aliphatic heterocycles. The summed E-state index contributed by atoms with van der Waals surface area (Å²) < 4.78 is 30.4. The van der Waals surface area contributed by atoms with Gasteiger partial charge in [-0.1, -0.05) is 13.0 Å². The summed E-state index contributed by atoms with van der Waals surface area (Å²) in [6.45, 7) is 5.42. The predicted octanol–water partition coefficient (Wildman–Crippen LogP) is 3.37. The Hall–Kier alpha value is -4.00. The number of aromatic nitrogens is 3. The van der Waals surface area contributed by atoms with Gasteiger partial charge in [0, 0.05) is 23.9 Å². The Bertz CT molecular complexity index is 1250. The van der Waals surface area contributed by atoms with E-state index in [2.05, 4.69) is 20.5 Å². The van der Waals surface area contributed by atoms with Crippen molar-refractivity contribution in [3.8, 4) is 17.6 Å². The van der Waals surface area contributed by atoms with Gasteiger partial charge in [-0.2, -0.15) is 5.26 Å². The van der Waals surface area contributed by atoms with E-state index >= 15 is 0 Å². The highest BCUT2D eigenvalue weighted by Gasteiger charge is 2.53. The van der Waals surface area contributed by atoms with Gasteiger partial charge < -0.3 is 19.2 Å². The summed E-state index contributed by atoms with van der Waals surface area (Å²) in [5, 5.41) is 20.1. The number of carbonyl (C=O) groups is 1. The van der Waals surface area contributed by atoms with Crippen LogP contribution in [-0.2, 0) is 16.8 Å². The Labute approximate surface area is 195 Å². The predicted molar refractivity (Wildman–Crippen MR) is 117 cm³/mol. The summed E-state index contributed by atoms with van der Waals surface area (Å²) in [4.78, 5) is 16.3. The standard InChI is InChI=1S/C24H24FN5O4/c1-15-4-5-17(7-19(15)25)32-11-20(31)28-24(3)13-23(2,14-24)22-30-29-21(34-22)12-33-18-6-16(8-26)9-27-10-18/h4-7,9-10H,11-14H2,1-3H3,(H,28,31). The van der Waals surface area contributed by atoms with Crippen LogP contribution in [0.3, 0.4) is 0 Å². The average molecular weight is 465 g/mol. The summed E-state index contributed by atoms with van der Waals surface area (Å²) in [7, 11) is 0. The number of carbonyl (C=O) groups excluding carboxylic acids is 1. The van der Waals surface area contributed by atoms with Crippen molar-refractivity contribution in [1.82, 2.24) is 20.5 Å². The van der Waals surface area contributed by atoms with Crippen LogP contribution in [0.1, 0.15) is 49.6 Å². The Morgan fingerprint density at radius 3 is 2.74 bits per heavy atom. The zero-order chi connectivity index (χ0) is 24.3. The first-order chi connectivity index (χ1) is 16.2. The summed E-state index contributed by atoms with van der Waals surface area (Å²) in [5.74, 6) is 0.829. The lowest BCUT2D eigenvalue weighted by molar-refractivity contribution is -0.127. The van der Waals surface area contributed by atoms with Crippen LogP contribution in [0.5, 0.6) is 11.5 Å². The van der Waals surface area contributed by atoms with Gasteiger partial charge in [-0.3, -0.25) is 9.78 Å². The summed E-state index contributed by atoms with van der Waals surface area (Å²) in [6, 6.07) is 8.06. The molecule has 1 aliphatic carbocycles. The van der Waals surface area contributed by atoms with Crippen LogP contribution in [0.4, 0.5) is 4.39 Å². The molecule has 0 atom stereocenters. The molecule has 1 fully saturated rings. The lowest BCUT2D eigenvalue weighted by Crippen LogP contribution is -2.61. The molecule has 2 heterocycles. The topological polar surface area (TPSA) is 123 Å². The highest BCUT2D eigenvalue weighted by Crippen LogP contribution is 2.49. The molecule has 0 radical (unpaired) electrons. The zero-order valence-electron chi connectivity index (χ0n) is 19.1. The molecular formula is C24H24FN5O4. The molecule has 1 aromatic carbocycles. The van der Waals surface area contributed by atoms with Crippen molar-refractivity contribution in [1.29, 1.82) is 5.26 Å². The molecule has 1 aliphatic rings. The maximum absolute atomic E-state index is 13.6. The summed E-state index contributed by atoms with van der Waals surface area (Å²) >= 11 is 0. The van der Waals surface area contributed by atoms with Crippen molar-refractivity contribution in [3.63, 3.8) is 0 Å². The molecule has 0 unspecified atom stereocenters. The molecule has 2 aromatic heterocycles. The van der Waals surface area contributed by atoms with Crippen LogP contribution >= 0.6 is 0 Å². The smallest absolute Gasteiger partial charge is 0.258 e. The van der Waals surface area contributed by atoms with Crippen LogP contribution in [-0.4, -0.2) is 33.2 Å². The van der Waals surface area contributed by atoms with E-state index in [0.717, 1.165) is 0 Å². The van der Waals surface area contributed by atoms with Gasteiger partial charge >= 0.3 is 0 Å². The maximum atomic E-state index is 13.6. The Morgan fingerprint density at radius 1 is 1.21 bits per heavy atom. The third-order valence-corrected chi connectivity index (χ3v) is 5.70. The molecule has 176 valence electrons. The minimum absolute atomic E-state index is 0.0462. The monoisotopic (exact) mass is 465 g/mol. The number of nitrogens with one attached hydrogen (secondary N) is 1. The zero-order valence-corrected chi connectivity index (χ0v) is 19.1. The van der Waals surface area contributed by atoms with E-state index in [9.17, 15) is 9.18 Å². The van der Waals surface area contributed by atoms with E-state index < -0.39 is 11.0 Å². The number of ether oxygens (including phenoxy) is 2. The number of halogens is 1. The third-order valence-electron chi connectivity index (χ3n) is 5.70. The van der Waals surface area contributed by atoms with Gasteiger partial charge in [-0.25, -0.2) is 4.39 Å². The van der Waals surface area contributed by atoms with Crippen LogP contribution in [0, 0.1) is 24.1 Å². The number of rotatable bonds is 8. The minimum Gasteiger partial charge on any atom is -0.484 e. The molecule has 4 rings (SSSR count). The number of benzene rings is 1. The number of hydrogen-bond acceptors (Lipinski definition) is 8. The number of pyridine rings is 1. The maximum Gasteiger partial charge on any atom is 0.258 e. The van der Waals surface area contributed by atoms with Crippen LogP contribution in [0.15, 0.2) is 41.1 Å². The second-order valence-corrected chi connectivity index (χ2v) is 9.03. The Morgan fingerprint density at radius 2 is 2.00 bits per heavy atom. The van der Waals surface area contributed by atoms with E-state index in [1.807, 2.05) is 19.9 Å². The van der Waals surface area contributed by atoms with Gasteiger partial charge in [-0.05, 0) is 38.3 Å². The molecule has 10 heteroatoms. The van der Waals surface area contributed by atoms with Crippen molar-refractivity contribution < 1.29 is 23.1 Å².